The molecule has 0 spiro atoms. The van der Waals surface area contributed by atoms with Crippen LogP contribution in [-0.2, 0) is 26.6 Å². The van der Waals surface area contributed by atoms with E-state index in [1.807, 2.05) is 31.2 Å². The van der Waals surface area contributed by atoms with Gasteiger partial charge in [-0.15, -0.1) is 0 Å². The van der Waals surface area contributed by atoms with Gasteiger partial charge in [-0.2, -0.15) is 5.26 Å². The van der Waals surface area contributed by atoms with Gasteiger partial charge in [-0.1, -0.05) is 29.8 Å². The van der Waals surface area contributed by atoms with Crippen molar-refractivity contribution < 1.29 is 14.3 Å². The van der Waals surface area contributed by atoms with Gasteiger partial charge in [0.2, 0.25) is 0 Å². The molecule has 5 nitrogen and oxygen atoms in total. The zero-order valence-electron chi connectivity index (χ0n) is 13.9. The minimum absolute atomic E-state index is 0.293. The van der Waals surface area contributed by atoms with Gasteiger partial charge in [-0.3, -0.25) is 4.79 Å². The van der Waals surface area contributed by atoms with Crippen LogP contribution in [0, 0.1) is 18.3 Å². The van der Waals surface area contributed by atoms with Crippen molar-refractivity contribution in [2.45, 2.75) is 19.3 Å². The van der Waals surface area contributed by atoms with Crippen LogP contribution in [0.15, 0.2) is 42.5 Å². The van der Waals surface area contributed by atoms with Crippen LogP contribution in [0.1, 0.15) is 22.3 Å². The molecule has 0 fully saturated rings. The third-order valence-electron chi connectivity index (χ3n) is 4.33. The average Bonchev–Trinajstić information content (AvgIpc) is 2.84. The first kappa shape index (κ1) is 16.2. The first-order chi connectivity index (χ1) is 11.6. The molecule has 0 saturated carbocycles. The Hall–Kier alpha value is -2.68. The van der Waals surface area contributed by atoms with Crippen molar-refractivity contribution in [2.75, 3.05) is 19.1 Å². The number of anilines is 1. The lowest BCUT2D eigenvalue weighted by atomic mass is 10.0. The predicted molar refractivity (Wildman–Crippen MR) is 89.2 cm³/mol. The van der Waals surface area contributed by atoms with Crippen molar-refractivity contribution in [1.82, 2.24) is 0 Å². The second-order valence-electron chi connectivity index (χ2n) is 5.75. The van der Waals surface area contributed by atoms with Gasteiger partial charge < -0.3 is 14.4 Å². The Morgan fingerprint density at radius 2 is 1.79 bits per heavy atom. The topological polar surface area (TPSA) is 62.6 Å². The van der Waals surface area contributed by atoms with Crippen molar-refractivity contribution in [2.24, 2.45) is 0 Å². The number of carbonyl (C=O) groups is 1. The molecule has 0 aliphatic carbocycles. The summed E-state index contributed by atoms with van der Waals surface area (Å²) in [4.78, 5) is 14.6. The Bertz CT molecular complexity index is 817. The van der Waals surface area contributed by atoms with Crippen molar-refractivity contribution in [3.63, 3.8) is 0 Å². The molecule has 0 saturated heterocycles. The predicted octanol–water partition coefficient (Wildman–Crippen LogP) is 2.86. The number of fused-ring (bicyclic) bond motifs is 1. The van der Waals surface area contributed by atoms with Gasteiger partial charge in [0.1, 0.15) is 0 Å². The first-order valence-corrected chi connectivity index (χ1v) is 7.58. The summed E-state index contributed by atoms with van der Waals surface area (Å²) >= 11 is 0. The van der Waals surface area contributed by atoms with Gasteiger partial charge >= 0.3 is 0 Å². The van der Waals surface area contributed by atoms with E-state index >= 15 is 0 Å². The summed E-state index contributed by atoms with van der Waals surface area (Å²) in [5.41, 5.74) is 3.88. The lowest BCUT2D eigenvalue weighted by molar-refractivity contribution is -0.209. The Labute approximate surface area is 141 Å². The highest BCUT2D eigenvalue weighted by molar-refractivity contribution is 6.06. The molecule has 0 aromatic heterocycles. The van der Waals surface area contributed by atoms with E-state index in [0.29, 0.717) is 23.4 Å². The van der Waals surface area contributed by atoms with Gasteiger partial charge in [0.05, 0.1) is 23.9 Å². The second-order valence-corrected chi connectivity index (χ2v) is 5.75. The molecule has 0 radical (unpaired) electrons. The second kappa shape index (κ2) is 6.08. The number of carbonyl (C=O) groups excluding carboxylic acids is 1. The smallest absolute Gasteiger partial charge is 0.292 e. The van der Waals surface area contributed by atoms with Crippen molar-refractivity contribution >= 4 is 11.6 Å². The lowest BCUT2D eigenvalue weighted by Gasteiger charge is -2.25. The van der Waals surface area contributed by atoms with Gasteiger partial charge in [0, 0.05) is 19.8 Å². The molecule has 1 aliphatic heterocycles. The molecule has 0 atom stereocenters. The minimum Gasteiger partial charge on any atom is -0.342 e. The van der Waals surface area contributed by atoms with Crippen LogP contribution in [0.2, 0.25) is 0 Å². The van der Waals surface area contributed by atoms with Crippen LogP contribution < -0.4 is 4.90 Å². The van der Waals surface area contributed by atoms with E-state index in [-0.39, 0.29) is 5.91 Å². The lowest BCUT2D eigenvalue weighted by Crippen LogP contribution is -2.43. The maximum atomic E-state index is 13.0. The molecule has 2 aromatic carbocycles. The summed E-state index contributed by atoms with van der Waals surface area (Å²) in [6, 6.07) is 15.2. The minimum atomic E-state index is -1.51. The van der Waals surface area contributed by atoms with Crippen molar-refractivity contribution in [3.8, 4) is 6.07 Å². The molecular weight excluding hydrogens is 304 g/mol. The fourth-order valence-corrected chi connectivity index (χ4v) is 3.02. The van der Waals surface area contributed by atoms with Crippen LogP contribution in [-0.4, -0.2) is 20.1 Å². The summed E-state index contributed by atoms with van der Waals surface area (Å²) in [6.45, 7) is 2.43. The molecule has 1 aliphatic rings. The number of hydrogen-bond acceptors (Lipinski definition) is 4. The highest BCUT2D eigenvalue weighted by Gasteiger charge is 2.52. The van der Waals surface area contributed by atoms with E-state index < -0.39 is 5.79 Å². The third-order valence-corrected chi connectivity index (χ3v) is 4.33. The van der Waals surface area contributed by atoms with E-state index in [2.05, 4.69) is 6.07 Å². The van der Waals surface area contributed by atoms with Crippen LogP contribution >= 0.6 is 0 Å². The Morgan fingerprint density at radius 3 is 2.38 bits per heavy atom. The molecule has 0 unspecified atom stereocenters. The number of benzene rings is 2. The van der Waals surface area contributed by atoms with Gasteiger partial charge in [0.15, 0.2) is 0 Å². The zero-order chi connectivity index (χ0) is 17.3. The quantitative estimate of drug-likeness (QED) is 0.812. The van der Waals surface area contributed by atoms with Crippen LogP contribution in [0.5, 0.6) is 0 Å². The fraction of sp³-hybridized carbons (Fsp3) is 0.263. The standard InChI is InChI=1S/C19H18N2O3/c1-13-4-6-14(7-5-13)12-21-17-9-8-15(11-20)10-16(17)19(23-2,24-3)18(21)22/h4-10H,12H2,1-3H3. The summed E-state index contributed by atoms with van der Waals surface area (Å²) in [5.74, 6) is -1.80. The molecule has 0 bridgehead atoms. The zero-order valence-corrected chi connectivity index (χ0v) is 13.9. The van der Waals surface area contributed by atoms with E-state index in [9.17, 15) is 4.79 Å². The van der Waals surface area contributed by atoms with Crippen LogP contribution in [0.25, 0.3) is 0 Å². The molecule has 1 amide bonds. The largest absolute Gasteiger partial charge is 0.342 e. The van der Waals surface area contributed by atoms with Gasteiger partial charge in [-0.05, 0) is 30.7 Å². The highest BCUT2D eigenvalue weighted by Crippen LogP contribution is 2.44. The van der Waals surface area contributed by atoms with E-state index in [4.69, 9.17) is 14.7 Å². The van der Waals surface area contributed by atoms with Crippen molar-refractivity contribution in [3.05, 3.63) is 64.7 Å². The number of nitrogens with zero attached hydrogens (tertiary/aromatic N) is 2. The van der Waals surface area contributed by atoms with E-state index in [0.717, 1.165) is 11.1 Å². The van der Waals surface area contributed by atoms with Crippen LogP contribution in [0.3, 0.4) is 0 Å². The molecule has 1 heterocycles. The summed E-state index contributed by atoms with van der Waals surface area (Å²) < 4.78 is 10.9. The summed E-state index contributed by atoms with van der Waals surface area (Å²) in [5, 5.41) is 9.15. The third kappa shape index (κ3) is 2.37. The summed E-state index contributed by atoms with van der Waals surface area (Å²) in [6.07, 6.45) is 0. The maximum Gasteiger partial charge on any atom is 0.292 e. The highest BCUT2D eigenvalue weighted by atomic mass is 16.7. The number of rotatable bonds is 4. The average molecular weight is 322 g/mol. The van der Waals surface area contributed by atoms with Crippen molar-refractivity contribution in [1.29, 1.82) is 5.26 Å². The Balaban J connectivity index is 2.08. The molecule has 122 valence electrons. The molecule has 24 heavy (non-hydrogen) atoms. The Morgan fingerprint density at radius 1 is 1.12 bits per heavy atom. The number of methoxy groups -OCH3 is 2. The number of ether oxygens (including phenoxy) is 2. The van der Waals surface area contributed by atoms with Gasteiger partial charge in [-0.25, -0.2) is 0 Å². The Kier molecular flexibility index (Phi) is 4.10. The van der Waals surface area contributed by atoms with Crippen LogP contribution in [0.4, 0.5) is 5.69 Å². The summed E-state index contributed by atoms with van der Waals surface area (Å²) in [7, 11) is 2.86. The van der Waals surface area contributed by atoms with Gasteiger partial charge in [0.25, 0.3) is 11.7 Å². The first-order valence-electron chi connectivity index (χ1n) is 7.58. The molecule has 2 aromatic rings. The molecule has 5 heteroatoms. The molecular formula is C19H18N2O3. The molecule has 0 N–H and O–H groups in total. The SMILES string of the molecule is COC1(OC)C(=O)N(Cc2ccc(C)cc2)c2ccc(C#N)cc21. The molecule has 3 rings (SSSR count). The number of hydrogen-bond donors (Lipinski definition) is 0. The monoisotopic (exact) mass is 322 g/mol. The fourth-order valence-electron chi connectivity index (χ4n) is 3.02. The number of aryl methyl sites for hydroxylation is 1. The normalized spacial score (nSPS) is 15.2. The number of nitriles is 1. The number of amides is 1. The van der Waals surface area contributed by atoms with E-state index in [1.54, 1.807) is 23.1 Å². The van der Waals surface area contributed by atoms with E-state index in [1.165, 1.54) is 14.2 Å². The maximum absolute atomic E-state index is 13.0.